The van der Waals surface area contributed by atoms with Crippen molar-refractivity contribution in [1.29, 1.82) is 0 Å². The van der Waals surface area contributed by atoms with Crippen LogP contribution in [0.1, 0.15) is 84.5 Å². The molecule has 112 valence electrons. The van der Waals surface area contributed by atoms with Crippen molar-refractivity contribution in [1.82, 2.24) is 0 Å². The Morgan fingerprint density at radius 2 is 1.58 bits per heavy atom. The number of hydrogen-bond acceptors (Lipinski definition) is 1. The number of rotatable bonds is 13. The molecule has 19 heavy (non-hydrogen) atoms. The standard InChI is InChI=1S/C17H32O2/c1-3-16(2)14-12-10-8-6-4-5-7-9-11-13-15-17(18)19/h10,12,16H,3-9,11,13-15H2,1-2H3,(H,18,19)/b12-10-/t16-/m0/s1. The number of aliphatic carboxylic acids is 1. The quantitative estimate of drug-likeness (QED) is 0.350. The van der Waals surface area contributed by atoms with Gasteiger partial charge in [-0.15, -0.1) is 0 Å². The van der Waals surface area contributed by atoms with Gasteiger partial charge in [-0.05, 0) is 31.6 Å². The van der Waals surface area contributed by atoms with Gasteiger partial charge in [0.1, 0.15) is 0 Å². The fourth-order valence-electron chi connectivity index (χ4n) is 2.04. The highest BCUT2D eigenvalue weighted by Crippen LogP contribution is 2.11. The van der Waals surface area contributed by atoms with E-state index in [0.717, 1.165) is 18.8 Å². The lowest BCUT2D eigenvalue weighted by molar-refractivity contribution is -0.137. The second kappa shape index (κ2) is 13.6. The molecule has 0 aliphatic heterocycles. The van der Waals surface area contributed by atoms with E-state index < -0.39 is 5.97 Å². The van der Waals surface area contributed by atoms with E-state index in [-0.39, 0.29) is 0 Å². The highest BCUT2D eigenvalue weighted by molar-refractivity contribution is 5.66. The molecule has 0 saturated carbocycles. The van der Waals surface area contributed by atoms with Crippen LogP contribution in [0.4, 0.5) is 0 Å². The molecule has 2 heteroatoms. The molecule has 1 N–H and O–H groups in total. The lowest BCUT2D eigenvalue weighted by Crippen LogP contribution is -1.93. The number of carboxylic acid groups (broad SMARTS) is 1. The third-order valence-electron chi connectivity index (χ3n) is 3.66. The van der Waals surface area contributed by atoms with Crippen molar-refractivity contribution < 1.29 is 9.90 Å². The summed E-state index contributed by atoms with van der Waals surface area (Å²) in [6.07, 6.45) is 17.0. The van der Waals surface area contributed by atoms with Crippen LogP contribution in [-0.2, 0) is 4.79 Å². The van der Waals surface area contributed by atoms with E-state index >= 15 is 0 Å². The Morgan fingerprint density at radius 3 is 2.16 bits per heavy atom. The summed E-state index contributed by atoms with van der Waals surface area (Å²) in [6, 6.07) is 0. The molecule has 0 aliphatic rings. The molecule has 0 rings (SSSR count). The second-order valence-corrected chi connectivity index (χ2v) is 5.63. The summed E-state index contributed by atoms with van der Waals surface area (Å²) in [7, 11) is 0. The van der Waals surface area contributed by atoms with Gasteiger partial charge < -0.3 is 5.11 Å². The molecule has 0 radical (unpaired) electrons. The average molecular weight is 268 g/mol. The van der Waals surface area contributed by atoms with E-state index in [2.05, 4.69) is 26.0 Å². The predicted octanol–water partition coefficient (Wildman–Crippen LogP) is 5.57. The Hall–Kier alpha value is -0.790. The Kier molecular flexibility index (Phi) is 13.1. The normalized spacial score (nSPS) is 12.9. The van der Waals surface area contributed by atoms with E-state index in [1.165, 1.54) is 51.4 Å². The summed E-state index contributed by atoms with van der Waals surface area (Å²) in [5, 5.41) is 8.50. The summed E-state index contributed by atoms with van der Waals surface area (Å²) in [6.45, 7) is 4.55. The Morgan fingerprint density at radius 1 is 1.00 bits per heavy atom. The van der Waals surface area contributed by atoms with Gasteiger partial charge in [0.05, 0.1) is 0 Å². The van der Waals surface area contributed by atoms with Crippen LogP contribution in [0.15, 0.2) is 12.2 Å². The summed E-state index contributed by atoms with van der Waals surface area (Å²) in [5.74, 6) is 0.159. The van der Waals surface area contributed by atoms with Crippen molar-refractivity contribution in [3.8, 4) is 0 Å². The van der Waals surface area contributed by atoms with Crippen LogP contribution in [0.5, 0.6) is 0 Å². The SMILES string of the molecule is CC[C@H](C)C/C=C\CCCCCCCCCC(=O)O. The summed E-state index contributed by atoms with van der Waals surface area (Å²) < 4.78 is 0. The maximum Gasteiger partial charge on any atom is 0.303 e. The van der Waals surface area contributed by atoms with Crippen molar-refractivity contribution in [3.63, 3.8) is 0 Å². The molecule has 1 atom stereocenters. The minimum Gasteiger partial charge on any atom is -0.481 e. The lowest BCUT2D eigenvalue weighted by Gasteiger charge is -2.02. The summed E-state index contributed by atoms with van der Waals surface area (Å²) >= 11 is 0. The van der Waals surface area contributed by atoms with Gasteiger partial charge in [-0.1, -0.05) is 64.5 Å². The molecule has 0 amide bonds. The van der Waals surface area contributed by atoms with Gasteiger partial charge in [-0.3, -0.25) is 4.79 Å². The molecular formula is C17H32O2. The molecule has 0 aromatic carbocycles. The van der Waals surface area contributed by atoms with Gasteiger partial charge in [0.2, 0.25) is 0 Å². The molecule has 0 aromatic rings. The van der Waals surface area contributed by atoms with Crippen molar-refractivity contribution in [2.24, 2.45) is 5.92 Å². The average Bonchev–Trinajstić information content (AvgIpc) is 2.39. The van der Waals surface area contributed by atoms with Crippen molar-refractivity contribution in [3.05, 3.63) is 12.2 Å². The van der Waals surface area contributed by atoms with Gasteiger partial charge in [-0.25, -0.2) is 0 Å². The predicted molar refractivity (Wildman–Crippen MR) is 82.4 cm³/mol. The first-order chi connectivity index (χ1) is 9.16. The molecule has 0 heterocycles. The first kappa shape index (κ1) is 18.2. The molecule has 0 fully saturated rings. The summed E-state index contributed by atoms with van der Waals surface area (Å²) in [5.41, 5.74) is 0. The third-order valence-corrected chi connectivity index (χ3v) is 3.66. The third kappa shape index (κ3) is 15.2. The molecule has 0 saturated heterocycles. The maximum absolute atomic E-state index is 10.3. The van der Waals surface area contributed by atoms with Crippen LogP contribution in [0, 0.1) is 5.92 Å². The first-order valence-corrected chi connectivity index (χ1v) is 8.03. The van der Waals surface area contributed by atoms with Gasteiger partial charge in [0.25, 0.3) is 0 Å². The Bertz CT molecular complexity index is 233. The maximum atomic E-state index is 10.3. The molecule has 0 bridgehead atoms. The minimum atomic E-state index is -0.663. The number of carboxylic acids is 1. The molecule has 0 aromatic heterocycles. The van der Waals surface area contributed by atoms with Crippen LogP contribution >= 0.6 is 0 Å². The van der Waals surface area contributed by atoms with Crippen molar-refractivity contribution >= 4 is 5.97 Å². The zero-order chi connectivity index (χ0) is 14.3. The smallest absolute Gasteiger partial charge is 0.303 e. The molecule has 0 spiro atoms. The number of carbonyl (C=O) groups is 1. The van der Waals surface area contributed by atoms with E-state index in [9.17, 15) is 4.79 Å². The van der Waals surface area contributed by atoms with E-state index in [1.54, 1.807) is 0 Å². The van der Waals surface area contributed by atoms with Gasteiger partial charge >= 0.3 is 5.97 Å². The topological polar surface area (TPSA) is 37.3 Å². The van der Waals surface area contributed by atoms with Crippen LogP contribution in [0.25, 0.3) is 0 Å². The van der Waals surface area contributed by atoms with Gasteiger partial charge in [-0.2, -0.15) is 0 Å². The van der Waals surface area contributed by atoms with Gasteiger partial charge in [0.15, 0.2) is 0 Å². The number of unbranched alkanes of at least 4 members (excludes halogenated alkanes) is 7. The largest absolute Gasteiger partial charge is 0.481 e. The second-order valence-electron chi connectivity index (χ2n) is 5.63. The molecule has 0 aliphatic carbocycles. The van der Waals surface area contributed by atoms with Gasteiger partial charge in [0, 0.05) is 6.42 Å². The van der Waals surface area contributed by atoms with E-state index in [0.29, 0.717) is 6.42 Å². The highest BCUT2D eigenvalue weighted by atomic mass is 16.4. The molecule has 2 nitrogen and oxygen atoms in total. The summed E-state index contributed by atoms with van der Waals surface area (Å²) in [4.78, 5) is 10.3. The van der Waals surface area contributed by atoms with Crippen LogP contribution in [0.3, 0.4) is 0 Å². The highest BCUT2D eigenvalue weighted by Gasteiger charge is 1.96. The fourth-order valence-corrected chi connectivity index (χ4v) is 2.04. The molecule has 0 unspecified atom stereocenters. The van der Waals surface area contributed by atoms with Crippen molar-refractivity contribution in [2.45, 2.75) is 84.5 Å². The molecular weight excluding hydrogens is 236 g/mol. The monoisotopic (exact) mass is 268 g/mol. The minimum absolute atomic E-state index is 0.334. The van der Waals surface area contributed by atoms with E-state index in [4.69, 9.17) is 5.11 Å². The van der Waals surface area contributed by atoms with E-state index in [1.807, 2.05) is 0 Å². The number of hydrogen-bond donors (Lipinski definition) is 1. The van der Waals surface area contributed by atoms with Crippen LogP contribution in [0.2, 0.25) is 0 Å². The number of allylic oxidation sites excluding steroid dienone is 2. The first-order valence-electron chi connectivity index (χ1n) is 8.03. The van der Waals surface area contributed by atoms with Crippen molar-refractivity contribution in [2.75, 3.05) is 0 Å². The zero-order valence-electron chi connectivity index (χ0n) is 12.9. The Labute approximate surface area is 119 Å². The zero-order valence-corrected chi connectivity index (χ0v) is 12.9. The fraction of sp³-hybridized carbons (Fsp3) is 0.824. The lowest BCUT2D eigenvalue weighted by atomic mass is 10.0. The van der Waals surface area contributed by atoms with Crippen LogP contribution in [-0.4, -0.2) is 11.1 Å². The Balaban J connectivity index is 3.12. The van der Waals surface area contributed by atoms with Crippen LogP contribution < -0.4 is 0 Å².